The summed E-state index contributed by atoms with van der Waals surface area (Å²) in [6, 6.07) is 5.55. The lowest BCUT2D eigenvalue weighted by atomic mass is 9.83. The average molecular weight is 335 g/mol. The lowest BCUT2D eigenvalue weighted by molar-refractivity contribution is -0.140. The molecule has 0 atom stereocenters. The third-order valence-corrected chi connectivity index (χ3v) is 5.48. The zero-order valence-electron chi connectivity index (χ0n) is 13.5. The second-order valence-corrected chi connectivity index (χ2v) is 7.09. The van der Waals surface area contributed by atoms with Crippen molar-refractivity contribution in [3.63, 3.8) is 0 Å². The van der Waals surface area contributed by atoms with Crippen LogP contribution in [0.5, 0.6) is 0 Å². The number of carbonyl (C=O) groups is 2. The second-order valence-electron chi connectivity index (χ2n) is 6.68. The van der Waals surface area contributed by atoms with E-state index in [4.69, 9.17) is 11.6 Å². The number of nitrogens with zero attached hydrogens (tertiary/aromatic N) is 1. The number of halogens is 1. The zero-order chi connectivity index (χ0) is 16.4. The van der Waals surface area contributed by atoms with Gasteiger partial charge < -0.3 is 10.2 Å². The maximum atomic E-state index is 12.4. The molecule has 5 heteroatoms. The Balaban J connectivity index is 1.51. The van der Waals surface area contributed by atoms with E-state index in [0.717, 1.165) is 36.9 Å². The van der Waals surface area contributed by atoms with E-state index >= 15 is 0 Å². The Hall–Kier alpha value is -1.55. The third kappa shape index (κ3) is 3.69. The molecule has 0 bridgehead atoms. The lowest BCUT2D eigenvalue weighted by Crippen LogP contribution is -2.45. The molecule has 0 unspecified atom stereocenters. The van der Waals surface area contributed by atoms with E-state index in [1.54, 1.807) is 6.07 Å². The fourth-order valence-electron chi connectivity index (χ4n) is 3.19. The van der Waals surface area contributed by atoms with Gasteiger partial charge in [-0.3, -0.25) is 9.59 Å². The van der Waals surface area contributed by atoms with Crippen molar-refractivity contribution in [2.45, 2.75) is 39.0 Å². The highest BCUT2D eigenvalue weighted by Crippen LogP contribution is 2.30. The SMILES string of the molecule is Cc1ccc(NC(=O)C2CCN(C(=O)C3CCC3)CC2)cc1Cl. The number of aryl methyl sites for hydroxylation is 1. The van der Waals surface area contributed by atoms with Gasteiger partial charge in [-0.1, -0.05) is 24.1 Å². The Bertz CT molecular complexity index is 605. The van der Waals surface area contributed by atoms with Crippen molar-refractivity contribution in [3.05, 3.63) is 28.8 Å². The summed E-state index contributed by atoms with van der Waals surface area (Å²) in [5.74, 6) is 0.539. The summed E-state index contributed by atoms with van der Waals surface area (Å²) in [6.07, 6.45) is 4.73. The molecular formula is C18H23ClN2O2. The summed E-state index contributed by atoms with van der Waals surface area (Å²) >= 11 is 6.09. The quantitative estimate of drug-likeness (QED) is 0.917. The minimum Gasteiger partial charge on any atom is -0.342 e. The molecule has 4 nitrogen and oxygen atoms in total. The van der Waals surface area contributed by atoms with Crippen LogP contribution in [0.2, 0.25) is 5.02 Å². The van der Waals surface area contributed by atoms with E-state index in [1.165, 1.54) is 6.42 Å². The largest absolute Gasteiger partial charge is 0.342 e. The summed E-state index contributed by atoms with van der Waals surface area (Å²) in [4.78, 5) is 26.6. The number of amides is 2. The molecule has 1 aromatic carbocycles. The number of nitrogens with one attached hydrogen (secondary N) is 1. The highest BCUT2D eigenvalue weighted by atomic mass is 35.5. The van der Waals surface area contributed by atoms with Gasteiger partial charge in [-0.25, -0.2) is 0 Å². The summed E-state index contributed by atoms with van der Waals surface area (Å²) in [6.45, 7) is 3.33. The number of benzene rings is 1. The van der Waals surface area contributed by atoms with Gasteiger partial charge in [0.2, 0.25) is 11.8 Å². The fourth-order valence-corrected chi connectivity index (χ4v) is 3.37. The van der Waals surface area contributed by atoms with Gasteiger partial charge in [0.15, 0.2) is 0 Å². The van der Waals surface area contributed by atoms with Crippen LogP contribution in [0.4, 0.5) is 5.69 Å². The molecule has 1 heterocycles. The molecule has 2 aliphatic rings. The van der Waals surface area contributed by atoms with Crippen LogP contribution >= 0.6 is 11.6 Å². The van der Waals surface area contributed by atoms with E-state index in [2.05, 4.69) is 5.32 Å². The topological polar surface area (TPSA) is 49.4 Å². The molecular weight excluding hydrogens is 312 g/mol. The van der Waals surface area contributed by atoms with Crippen molar-refractivity contribution in [2.24, 2.45) is 11.8 Å². The smallest absolute Gasteiger partial charge is 0.227 e. The number of hydrogen-bond donors (Lipinski definition) is 1. The third-order valence-electron chi connectivity index (χ3n) is 5.07. The van der Waals surface area contributed by atoms with Crippen molar-refractivity contribution >= 4 is 29.1 Å². The van der Waals surface area contributed by atoms with E-state index in [1.807, 2.05) is 24.0 Å². The van der Waals surface area contributed by atoms with Gasteiger partial charge in [-0.2, -0.15) is 0 Å². The lowest BCUT2D eigenvalue weighted by Gasteiger charge is -2.36. The van der Waals surface area contributed by atoms with E-state index in [-0.39, 0.29) is 17.7 Å². The monoisotopic (exact) mass is 334 g/mol. The van der Waals surface area contributed by atoms with Crippen LogP contribution in [0.25, 0.3) is 0 Å². The van der Waals surface area contributed by atoms with Crippen molar-refractivity contribution < 1.29 is 9.59 Å². The van der Waals surface area contributed by atoms with Gasteiger partial charge in [0, 0.05) is 35.6 Å². The Morgan fingerprint density at radius 2 is 1.83 bits per heavy atom. The first-order valence-electron chi connectivity index (χ1n) is 8.40. The average Bonchev–Trinajstić information content (AvgIpc) is 2.49. The van der Waals surface area contributed by atoms with E-state index < -0.39 is 0 Å². The molecule has 0 radical (unpaired) electrons. The van der Waals surface area contributed by atoms with Crippen LogP contribution in [0, 0.1) is 18.8 Å². The maximum absolute atomic E-state index is 12.4. The number of anilines is 1. The molecule has 1 saturated heterocycles. The molecule has 0 spiro atoms. The van der Waals surface area contributed by atoms with Crippen LogP contribution in [-0.2, 0) is 9.59 Å². The normalized spacial score (nSPS) is 19.3. The van der Waals surface area contributed by atoms with Gasteiger partial charge in [0.1, 0.15) is 0 Å². The Morgan fingerprint density at radius 1 is 1.13 bits per heavy atom. The van der Waals surface area contributed by atoms with Crippen LogP contribution in [-0.4, -0.2) is 29.8 Å². The van der Waals surface area contributed by atoms with E-state index in [9.17, 15) is 9.59 Å². The van der Waals surface area contributed by atoms with Gasteiger partial charge in [-0.15, -0.1) is 0 Å². The minimum atomic E-state index is -0.0273. The molecule has 2 amide bonds. The number of carbonyl (C=O) groups excluding carboxylic acids is 2. The number of rotatable bonds is 3. The van der Waals surface area contributed by atoms with Crippen LogP contribution in [0.3, 0.4) is 0 Å². The molecule has 1 aromatic rings. The van der Waals surface area contributed by atoms with Crippen molar-refractivity contribution in [1.29, 1.82) is 0 Å². The van der Waals surface area contributed by atoms with Gasteiger partial charge >= 0.3 is 0 Å². The molecule has 124 valence electrons. The van der Waals surface area contributed by atoms with Crippen molar-refractivity contribution in [3.8, 4) is 0 Å². The first-order valence-corrected chi connectivity index (χ1v) is 8.78. The van der Waals surface area contributed by atoms with Crippen LogP contribution in [0.1, 0.15) is 37.7 Å². The Morgan fingerprint density at radius 3 is 2.39 bits per heavy atom. The molecule has 3 rings (SSSR count). The number of piperidine rings is 1. The molecule has 1 saturated carbocycles. The molecule has 1 aliphatic carbocycles. The van der Waals surface area contributed by atoms with Crippen LogP contribution < -0.4 is 5.32 Å². The van der Waals surface area contributed by atoms with Gasteiger partial charge in [0.25, 0.3) is 0 Å². The first kappa shape index (κ1) is 16.3. The summed E-state index contributed by atoms with van der Waals surface area (Å²) in [5.41, 5.74) is 1.73. The van der Waals surface area contributed by atoms with Crippen molar-refractivity contribution in [2.75, 3.05) is 18.4 Å². The van der Waals surface area contributed by atoms with Crippen LogP contribution in [0.15, 0.2) is 18.2 Å². The second kappa shape index (κ2) is 6.91. The molecule has 0 aromatic heterocycles. The Kier molecular flexibility index (Phi) is 4.90. The minimum absolute atomic E-state index is 0.0273. The first-order chi connectivity index (χ1) is 11.0. The standard InChI is InChI=1S/C18H23ClN2O2/c1-12-5-6-15(11-16(12)19)20-17(22)13-7-9-21(10-8-13)18(23)14-3-2-4-14/h5-6,11,13-14H,2-4,7-10H2,1H3,(H,20,22). The predicted molar refractivity (Wildman–Crippen MR) is 91.5 cm³/mol. The molecule has 1 aliphatic heterocycles. The van der Waals surface area contributed by atoms with Gasteiger partial charge in [0.05, 0.1) is 0 Å². The zero-order valence-corrected chi connectivity index (χ0v) is 14.2. The fraction of sp³-hybridized carbons (Fsp3) is 0.556. The summed E-state index contributed by atoms with van der Waals surface area (Å²) in [7, 11) is 0. The number of likely N-dealkylation sites (tertiary alicyclic amines) is 1. The summed E-state index contributed by atoms with van der Waals surface area (Å²) < 4.78 is 0. The molecule has 1 N–H and O–H groups in total. The maximum Gasteiger partial charge on any atom is 0.227 e. The summed E-state index contributed by atoms with van der Waals surface area (Å²) in [5, 5.41) is 3.60. The highest BCUT2D eigenvalue weighted by Gasteiger charge is 2.33. The molecule has 2 fully saturated rings. The van der Waals surface area contributed by atoms with Crippen molar-refractivity contribution in [1.82, 2.24) is 4.90 Å². The predicted octanol–water partition coefficient (Wildman–Crippen LogP) is 3.63. The van der Waals surface area contributed by atoms with E-state index in [0.29, 0.717) is 24.0 Å². The van der Waals surface area contributed by atoms with Gasteiger partial charge in [-0.05, 0) is 50.3 Å². The molecule has 23 heavy (non-hydrogen) atoms. The highest BCUT2D eigenvalue weighted by molar-refractivity contribution is 6.31. The number of hydrogen-bond acceptors (Lipinski definition) is 2. The Labute approximate surface area is 142 Å².